The van der Waals surface area contributed by atoms with E-state index in [2.05, 4.69) is 16.3 Å². The minimum atomic E-state index is -0.566. The summed E-state index contributed by atoms with van der Waals surface area (Å²) in [5, 5.41) is 16.8. The molecule has 0 spiro atoms. The molecule has 5 rings (SSSR count). The topological polar surface area (TPSA) is 99.1 Å². The molecular weight excluding hydrogens is 471 g/mol. The number of halogens is 1. The Morgan fingerprint density at radius 3 is 2.49 bits per heavy atom. The second-order valence-corrected chi connectivity index (χ2v) is 9.12. The summed E-state index contributed by atoms with van der Waals surface area (Å²) in [5.41, 5.74) is 2.08. The monoisotopic (exact) mass is 496 g/mol. The van der Waals surface area contributed by atoms with Gasteiger partial charge >= 0.3 is 0 Å². The van der Waals surface area contributed by atoms with Gasteiger partial charge in [0.15, 0.2) is 0 Å². The van der Waals surface area contributed by atoms with Gasteiger partial charge in [-0.25, -0.2) is 9.49 Å². The Hall–Kier alpha value is -4.51. The van der Waals surface area contributed by atoms with Crippen molar-refractivity contribution in [3.8, 4) is 11.8 Å². The molecular formula is C29H25FN4O3. The van der Waals surface area contributed by atoms with Crippen LogP contribution in [-0.2, 0) is 12.8 Å². The lowest BCUT2D eigenvalue weighted by Gasteiger charge is -2.32. The predicted molar refractivity (Wildman–Crippen MR) is 137 cm³/mol. The molecule has 1 aliphatic rings. The van der Waals surface area contributed by atoms with E-state index in [4.69, 9.17) is 10.00 Å². The number of piperidine rings is 1. The molecule has 1 saturated heterocycles. The van der Waals surface area contributed by atoms with Gasteiger partial charge < -0.3 is 9.64 Å². The number of fused-ring (bicyclic) bond motifs is 1. The fourth-order valence-electron chi connectivity index (χ4n) is 4.66. The summed E-state index contributed by atoms with van der Waals surface area (Å²) in [5.74, 6) is -0.185. The van der Waals surface area contributed by atoms with Gasteiger partial charge in [0.2, 0.25) is 0 Å². The average Bonchev–Trinajstić information content (AvgIpc) is 2.93. The van der Waals surface area contributed by atoms with Crippen molar-refractivity contribution in [2.75, 3.05) is 13.1 Å². The van der Waals surface area contributed by atoms with Gasteiger partial charge in [-0.2, -0.15) is 10.4 Å². The molecule has 1 aromatic heterocycles. The number of benzene rings is 3. The molecule has 186 valence electrons. The number of nitrogens with one attached hydrogen (secondary N) is 1. The number of amides is 1. The van der Waals surface area contributed by atoms with E-state index in [-0.39, 0.29) is 23.1 Å². The van der Waals surface area contributed by atoms with E-state index in [1.807, 2.05) is 36.4 Å². The van der Waals surface area contributed by atoms with Gasteiger partial charge in [0.25, 0.3) is 11.5 Å². The van der Waals surface area contributed by atoms with Crippen molar-refractivity contribution in [1.29, 1.82) is 5.26 Å². The minimum absolute atomic E-state index is 0.0266. The van der Waals surface area contributed by atoms with Crippen LogP contribution in [0.4, 0.5) is 4.39 Å². The van der Waals surface area contributed by atoms with Crippen LogP contribution in [0.25, 0.3) is 10.8 Å². The number of aromatic nitrogens is 2. The second kappa shape index (κ2) is 10.6. The third-order valence-corrected chi connectivity index (χ3v) is 6.65. The highest BCUT2D eigenvalue weighted by Crippen LogP contribution is 2.23. The summed E-state index contributed by atoms with van der Waals surface area (Å²) in [6.45, 7) is 0.928. The van der Waals surface area contributed by atoms with Crippen LogP contribution in [0, 0.1) is 17.1 Å². The zero-order valence-electron chi connectivity index (χ0n) is 20.1. The van der Waals surface area contributed by atoms with Gasteiger partial charge in [0.1, 0.15) is 17.7 Å². The SMILES string of the molecule is N#CCc1ccc(OC2CCN(C(=O)c3cc(Cc4n[nH]c(=O)c5ccccc45)ccc3F)CC2)cc1. The van der Waals surface area contributed by atoms with Gasteiger partial charge in [-0.15, -0.1) is 0 Å². The molecule has 0 radical (unpaired) electrons. The fourth-order valence-corrected chi connectivity index (χ4v) is 4.66. The number of ether oxygens (including phenoxy) is 1. The average molecular weight is 497 g/mol. The van der Waals surface area contributed by atoms with Crippen LogP contribution in [0.2, 0.25) is 0 Å². The van der Waals surface area contributed by atoms with E-state index in [1.54, 1.807) is 29.2 Å². The summed E-state index contributed by atoms with van der Waals surface area (Å²) in [7, 11) is 0. The highest BCUT2D eigenvalue weighted by atomic mass is 19.1. The van der Waals surface area contributed by atoms with Gasteiger partial charge in [-0.3, -0.25) is 9.59 Å². The molecule has 0 saturated carbocycles. The number of hydrogen-bond acceptors (Lipinski definition) is 5. The van der Waals surface area contributed by atoms with Crippen LogP contribution in [-0.4, -0.2) is 40.2 Å². The molecule has 1 N–H and O–H groups in total. The maximum absolute atomic E-state index is 14.7. The van der Waals surface area contributed by atoms with Crippen LogP contribution in [0.15, 0.2) is 71.5 Å². The van der Waals surface area contributed by atoms with E-state index in [1.165, 1.54) is 6.07 Å². The van der Waals surface area contributed by atoms with Crippen LogP contribution in [0.1, 0.15) is 40.0 Å². The largest absolute Gasteiger partial charge is 0.490 e. The third-order valence-electron chi connectivity index (χ3n) is 6.65. The highest BCUT2D eigenvalue weighted by Gasteiger charge is 2.26. The van der Waals surface area contributed by atoms with Gasteiger partial charge in [-0.1, -0.05) is 36.4 Å². The Morgan fingerprint density at radius 1 is 1.05 bits per heavy atom. The second-order valence-electron chi connectivity index (χ2n) is 9.12. The number of nitrogens with zero attached hydrogens (tertiary/aromatic N) is 3. The summed E-state index contributed by atoms with van der Waals surface area (Å²) < 4.78 is 20.8. The van der Waals surface area contributed by atoms with Crippen molar-refractivity contribution >= 4 is 16.7 Å². The highest BCUT2D eigenvalue weighted by molar-refractivity contribution is 5.95. The first-order valence-corrected chi connectivity index (χ1v) is 12.2. The van der Waals surface area contributed by atoms with Gasteiger partial charge in [-0.05, 0) is 41.5 Å². The maximum atomic E-state index is 14.7. The lowest BCUT2D eigenvalue weighted by molar-refractivity contribution is 0.0591. The molecule has 0 atom stereocenters. The van der Waals surface area contributed by atoms with E-state index in [0.717, 1.165) is 22.3 Å². The summed E-state index contributed by atoms with van der Waals surface area (Å²) in [6, 6.07) is 21.3. The van der Waals surface area contributed by atoms with Crippen molar-refractivity contribution in [3.05, 3.63) is 105 Å². The van der Waals surface area contributed by atoms with E-state index >= 15 is 0 Å². The van der Waals surface area contributed by atoms with Crippen molar-refractivity contribution in [2.45, 2.75) is 31.8 Å². The lowest BCUT2D eigenvalue weighted by atomic mass is 10.0. The van der Waals surface area contributed by atoms with E-state index < -0.39 is 5.82 Å². The molecule has 4 aromatic rings. The smallest absolute Gasteiger partial charge is 0.272 e. The number of hydrogen-bond donors (Lipinski definition) is 1. The Labute approximate surface area is 213 Å². The molecule has 7 nitrogen and oxygen atoms in total. The van der Waals surface area contributed by atoms with Crippen molar-refractivity contribution in [2.24, 2.45) is 0 Å². The molecule has 1 fully saturated rings. The van der Waals surface area contributed by atoms with Crippen molar-refractivity contribution in [1.82, 2.24) is 15.1 Å². The van der Waals surface area contributed by atoms with Gasteiger partial charge in [0, 0.05) is 37.7 Å². The van der Waals surface area contributed by atoms with Crippen LogP contribution in [0.3, 0.4) is 0 Å². The van der Waals surface area contributed by atoms with E-state index in [9.17, 15) is 14.0 Å². The standard InChI is InChI=1S/C29H25FN4O3/c30-26-10-7-20(18-27-23-3-1-2-4-24(23)28(35)33-32-27)17-25(26)29(36)34-15-12-22(13-16-34)37-21-8-5-19(6-9-21)11-14-31/h1-10,17,22H,11-13,15-16,18H2,(H,33,35). The first-order chi connectivity index (χ1) is 18.0. The molecule has 1 aliphatic heterocycles. The van der Waals surface area contributed by atoms with Crippen LogP contribution < -0.4 is 10.3 Å². The van der Waals surface area contributed by atoms with Crippen LogP contribution >= 0.6 is 0 Å². The number of likely N-dealkylation sites (tertiary alicyclic amines) is 1. The predicted octanol–water partition coefficient (Wildman–Crippen LogP) is 4.40. The first-order valence-electron chi connectivity index (χ1n) is 12.2. The third kappa shape index (κ3) is 5.36. The number of nitriles is 1. The summed E-state index contributed by atoms with van der Waals surface area (Å²) >= 11 is 0. The molecule has 37 heavy (non-hydrogen) atoms. The number of H-pyrrole nitrogens is 1. The number of carbonyl (C=O) groups is 1. The van der Waals surface area contributed by atoms with Crippen molar-refractivity contribution < 1.29 is 13.9 Å². The maximum Gasteiger partial charge on any atom is 0.272 e. The van der Waals surface area contributed by atoms with Crippen molar-refractivity contribution in [3.63, 3.8) is 0 Å². The molecule has 2 heterocycles. The van der Waals surface area contributed by atoms with E-state index in [0.29, 0.717) is 49.9 Å². The Balaban J connectivity index is 1.25. The van der Waals surface area contributed by atoms with Crippen LogP contribution in [0.5, 0.6) is 5.75 Å². The Morgan fingerprint density at radius 2 is 1.76 bits per heavy atom. The molecule has 0 bridgehead atoms. The number of rotatable bonds is 6. The fraction of sp³-hybridized carbons (Fsp3) is 0.241. The molecule has 3 aromatic carbocycles. The minimum Gasteiger partial charge on any atom is -0.490 e. The molecule has 0 unspecified atom stereocenters. The zero-order valence-corrected chi connectivity index (χ0v) is 20.1. The molecule has 1 amide bonds. The zero-order chi connectivity index (χ0) is 25.8. The quantitative estimate of drug-likeness (QED) is 0.427. The first kappa shape index (κ1) is 24.2. The lowest BCUT2D eigenvalue weighted by Crippen LogP contribution is -2.42. The Bertz CT molecular complexity index is 1530. The number of aromatic amines is 1. The number of carbonyl (C=O) groups excluding carboxylic acids is 1. The summed E-state index contributed by atoms with van der Waals surface area (Å²) in [6.07, 6.45) is 1.94. The summed E-state index contributed by atoms with van der Waals surface area (Å²) in [4.78, 5) is 26.9. The normalized spacial score (nSPS) is 13.9. The Kier molecular flexibility index (Phi) is 6.95. The molecule has 0 aliphatic carbocycles. The van der Waals surface area contributed by atoms with Gasteiger partial charge in [0.05, 0.1) is 29.1 Å². The molecule has 8 heteroatoms.